The molecule has 18 heavy (non-hydrogen) atoms. The van der Waals surface area contributed by atoms with E-state index in [1.54, 1.807) is 11.3 Å². The molecule has 2 nitrogen and oxygen atoms in total. The van der Waals surface area contributed by atoms with E-state index in [9.17, 15) is 0 Å². The maximum Gasteiger partial charge on any atom is 0.0597 e. The van der Waals surface area contributed by atoms with Crippen molar-refractivity contribution in [2.75, 3.05) is 6.54 Å². The summed E-state index contributed by atoms with van der Waals surface area (Å²) < 4.78 is 6.00. The van der Waals surface area contributed by atoms with Crippen LogP contribution in [0.3, 0.4) is 0 Å². The van der Waals surface area contributed by atoms with Gasteiger partial charge < -0.3 is 10.1 Å². The highest BCUT2D eigenvalue weighted by molar-refractivity contribution is 7.07. The third-order valence-corrected chi connectivity index (χ3v) is 5.02. The maximum absolute atomic E-state index is 6.00. The lowest BCUT2D eigenvalue weighted by Crippen LogP contribution is -2.43. The van der Waals surface area contributed by atoms with Gasteiger partial charge in [-0.1, -0.05) is 13.8 Å². The molecule has 0 amide bonds. The molecule has 0 bridgehead atoms. The van der Waals surface area contributed by atoms with Gasteiger partial charge >= 0.3 is 0 Å². The molecule has 1 aromatic heterocycles. The van der Waals surface area contributed by atoms with Gasteiger partial charge in [-0.2, -0.15) is 11.3 Å². The number of hydrogen-bond donors (Lipinski definition) is 1. The molecule has 5 unspecified atom stereocenters. The van der Waals surface area contributed by atoms with Crippen molar-refractivity contribution < 1.29 is 4.74 Å². The smallest absolute Gasteiger partial charge is 0.0597 e. The summed E-state index contributed by atoms with van der Waals surface area (Å²) in [6.45, 7) is 9.97. The fraction of sp³-hybridized carbons (Fsp3) is 0.733. The fourth-order valence-corrected chi connectivity index (χ4v) is 3.94. The predicted molar refractivity (Wildman–Crippen MR) is 78.2 cm³/mol. The van der Waals surface area contributed by atoms with Crippen LogP contribution in [0.15, 0.2) is 16.8 Å². The zero-order valence-electron chi connectivity index (χ0n) is 11.8. The third kappa shape index (κ3) is 2.95. The van der Waals surface area contributed by atoms with E-state index in [0.717, 1.165) is 13.0 Å². The molecule has 1 fully saturated rings. The van der Waals surface area contributed by atoms with E-state index in [-0.39, 0.29) is 0 Å². The Morgan fingerprint density at radius 3 is 2.61 bits per heavy atom. The van der Waals surface area contributed by atoms with Gasteiger partial charge in [0.2, 0.25) is 0 Å². The first-order valence-electron chi connectivity index (χ1n) is 7.03. The van der Waals surface area contributed by atoms with Gasteiger partial charge in [0.15, 0.2) is 0 Å². The molecule has 2 rings (SSSR count). The molecule has 0 spiro atoms. The van der Waals surface area contributed by atoms with Crippen molar-refractivity contribution in [3.05, 3.63) is 22.4 Å². The lowest BCUT2D eigenvalue weighted by molar-refractivity contribution is 0.0476. The van der Waals surface area contributed by atoms with Gasteiger partial charge in [0.05, 0.1) is 12.2 Å². The number of nitrogens with one attached hydrogen (secondary N) is 1. The van der Waals surface area contributed by atoms with Crippen LogP contribution in [0.2, 0.25) is 0 Å². The Hall–Kier alpha value is -0.380. The van der Waals surface area contributed by atoms with Gasteiger partial charge in [-0.25, -0.2) is 0 Å². The average Bonchev–Trinajstić information content (AvgIpc) is 2.89. The molecule has 1 saturated heterocycles. The van der Waals surface area contributed by atoms with Crippen molar-refractivity contribution in [1.29, 1.82) is 0 Å². The summed E-state index contributed by atoms with van der Waals surface area (Å²) in [7, 11) is 0. The number of ether oxygens (including phenoxy) is 1. The molecule has 102 valence electrons. The summed E-state index contributed by atoms with van der Waals surface area (Å²) >= 11 is 1.79. The molecule has 5 atom stereocenters. The van der Waals surface area contributed by atoms with Crippen LogP contribution in [0.4, 0.5) is 0 Å². The monoisotopic (exact) mass is 267 g/mol. The topological polar surface area (TPSA) is 21.3 Å². The molecule has 1 aromatic rings. The minimum absolute atomic E-state index is 0.359. The molecule has 2 heterocycles. The zero-order chi connectivity index (χ0) is 13.1. The van der Waals surface area contributed by atoms with Crippen molar-refractivity contribution in [2.45, 2.75) is 52.4 Å². The second-order valence-electron chi connectivity index (χ2n) is 5.48. The summed E-state index contributed by atoms with van der Waals surface area (Å²) in [6.07, 6.45) is 1.86. The first-order valence-corrected chi connectivity index (χ1v) is 7.97. The standard InChI is InChI=1S/C15H25NOS/c1-5-16-14(8-13-6-7-18-9-13)15-10(2)11(3)17-12(15)4/h6-7,9-12,14-16H,5,8H2,1-4H3. The number of hydrogen-bond acceptors (Lipinski definition) is 3. The Morgan fingerprint density at radius 1 is 1.33 bits per heavy atom. The normalized spacial score (nSPS) is 33.8. The molecule has 1 aliphatic rings. The van der Waals surface area contributed by atoms with Gasteiger partial charge in [-0.3, -0.25) is 0 Å². The minimum Gasteiger partial charge on any atom is -0.375 e. The Bertz CT molecular complexity index is 351. The predicted octanol–water partition coefficient (Wildman–Crippen LogP) is 3.33. The largest absolute Gasteiger partial charge is 0.375 e. The van der Waals surface area contributed by atoms with E-state index in [2.05, 4.69) is 49.8 Å². The molecular formula is C15H25NOS. The highest BCUT2D eigenvalue weighted by atomic mass is 32.1. The van der Waals surface area contributed by atoms with Crippen molar-refractivity contribution >= 4 is 11.3 Å². The van der Waals surface area contributed by atoms with Crippen LogP contribution in [0.1, 0.15) is 33.3 Å². The summed E-state index contributed by atoms with van der Waals surface area (Å²) in [5.41, 5.74) is 1.45. The van der Waals surface area contributed by atoms with Crippen LogP contribution in [-0.4, -0.2) is 24.8 Å². The first kappa shape index (κ1) is 14.0. The number of thiophene rings is 1. The van der Waals surface area contributed by atoms with E-state index in [1.165, 1.54) is 5.56 Å². The van der Waals surface area contributed by atoms with Gasteiger partial charge in [0.25, 0.3) is 0 Å². The second kappa shape index (κ2) is 6.18. The highest BCUT2D eigenvalue weighted by Crippen LogP contribution is 2.35. The molecule has 0 aliphatic carbocycles. The molecule has 0 radical (unpaired) electrons. The number of likely N-dealkylation sites (N-methyl/N-ethyl adjacent to an activating group) is 1. The Morgan fingerprint density at radius 2 is 2.11 bits per heavy atom. The quantitative estimate of drug-likeness (QED) is 0.883. The van der Waals surface area contributed by atoms with Crippen LogP contribution in [0.25, 0.3) is 0 Å². The van der Waals surface area contributed by atoms with Crippen LogP contribution >= 0.6 is 11.3 Å². The van der Waals surface area contributed by atoms with Crippen LogP contribution in [0.5, 0.6) is 0 Å². The van der Waals surface area contributed by atoms with Crippen molar-refractivity contribution in [3.63, 3.8) is 0 Å². The van der Waals surface area contributed by atoms with Crippen LogP contribution < -0.4 is 5.32 Å². The number of rotatable bonds is 5. The van der Waals surface area contributed by atoms with Crippen molar-refractivity contribution in [1.82, 2.24) is 5.32 Å². The summed E-state index contributed by atoms with van der Waals surface area (Å²) in [4.78, 5) is 0. The Kier molecular flexibility index (Phi) is 4.82. The lowest BCUT2D eigenvalue weighted by atomic mass is 9.81. The second-order valence-corrected chi connectivity index (χ2v) is 6.26. The Labute approximate surface area is 115 Å². The zero-order valence-corrected chi connectivity index (χ0v) is 12.7. The molecule has 0 saturated carbocycles. The van der Waals surface area contributed by atoms with E-state index in [4.69, 9.17) is 4.74 Å². The van der Waals surface area contributed by atoms with E-state index in [0.29, 0.717) is 30.1 Å². The summed E-state index contributed by atoms with van der Waals surface area (Å²) in [5, 5.41) is 8.10. The molecule has 3 heteroatoms. The molecule has 1 aliphatic heterocycles. The minimum atomic E-state index is 0.359. The average molecular weight is 267 g/mol. The van der Waals surface area contributed by atoms with Gasteiger partial charge in [-0.15, -0.1) is 0 Å². The van der Waals surface area contributed by atoms with Crippen LogP contribution in [0, 0.1) is 11.8 Å². The van der Waals surface area contributed by atoms with Gasteiger partial charge in [-0.05, 0) is 55.1 Å². The Balaban J connectivity index is 2.09. The maximum atomic E-state index is 6.00. The molecule has 1 N–H and O–H groups in total. The van der Waals surface area contributed by atoms with Gasteiger partial charge in [0.1, 0.15) is 0 Å². The van der Waals surface area contributed by atoms with E-state index < -0.39 is 0 Å². The van der Waals surface area contributed by atoms with Crippen molar-refractivity contribution in [2.24, 2.45) is 11.8 Å². The SMILES string of the molecule is CCNC(Cc1ccsc1)C1C(C)OC(C)C1C. The molecular weight excluding hydrogens is 242 g/mol. The third-order valence-electron chi connectivity index (χ3n) is 4.29. The first-order chi connectivity index (χ1) is 8.63. The highest BCUT2D eigenvalue weighted by Gasteiger charge is 2.41. The van der Waals surface area contributed by atoms with Crippen LogP contribution in [-0.2, 0) is 11.2 Å². The molecule has 0 aromatic carbocycles. The summed E-state index contributed by atoms with van der Waals surface area (Å²) in [5.74, 6) is 1.24. The fourth-order valence-electron chi connectivity index (χ4n) is 3.26. The summed E-state index contributed by atoms with van der Waals surface area (Å²) in [6, 6.07) is 2.77. The van der Waals surface area contributed by atoms with E-state index in [1.807, 2.05) is 0 Å². The van der Waals surface area contributed by atoms with E-state index >= 15 is 0 Å². The van der Waals surface area contributed by atoms with Gasteiger partial charge in [0, 0.05) is 12.0 Å². The lowest BCUT2D eigenvalue weighted by Gasteiger charge is -2.29. The van der Waals surface area contributed by atoms with Crippen molar-refractivity contribution in [3.8, 4) is 0 Å².